The van der Waals surface area contributed by atoms with Gasteiger partial charge in [0, 0.05) is 19.8 Å². The van der Waals surface area contributed by atoms with Crippen molar-refractivity contribution in [2.75, 3.05) is 11.9 Å². The van der Waals surface area contributed by atoms with Crippen LogP contribution < -0.4 is 5.32 Å². The van der Waals surface area contributed by atoms with E-state index >= 15 is 0 Å². The van der Waals surface area contributed by atoms with Crippen molar-refractivity contribution in [2.45, 2.75) is 32.8 Å². The van der Waals surface area contributed by atoms with Gasteiger partial charge in [0.05, 0.1) is 17.5 Å². The fourth-order valence-electron chi connectivity index (χ4n) is 2.20. The first kappa shape index (κ1) is 14.6. The third kappa shape index (κ3) is 3.39. The number of hydrogen-bond acceptors (Lipinski definition) is 3. The number of aryl methyl sites for hydroxylation is 2. The van der Waals surface area contributed by atoms with Gasteiger partial charge in [-0.15, -0.1) is 0 Å². The second kappa shape index (κ2) is 6.09. The van der Waals surface area contributed by atoms with Crippen LogP contribution in [0.25, 0.3) is 0 Å². The molecular formula is C16H23N3O. The van der Waals surface area contributed by atoms with Crippen LogP contribution in [0.3, 0.4) is 0 Å². The SMILES string of the molecule is Cc1nn(C)cc1NCC(O)c1ccc(C(C)C)cc1. The number of nitrogens with zero attached hydrogens (tertiary/aromatic N) is 2. The molecule has 4 heteroatoms. The van der Waals surface area contributed by atoms with Gasteiger partial charge < -0.3 is 10.4 Å². The predicted molar refractivity (Wildman–Crippen MR) is 81.9 cm³/mol. The predicted octanol–water partition coefficient (Wildman–Crippen LogP) is 3.00. The second-order valence-corrected chi connectivity index (χ2v) is 5.52. The monoisotopic (exact) mass is 273 g/mol. The van der Waals surface area contributed by atoms with Crippen molar-refractivity contribution in [3.8, 4) is 0 Å². The third-order valence-corrected chi connectivity index (χ3v) is 3.49. The van der Waals surface area contributed by atoms with Gasteiger partial charge in [-0.2, -0.15) is 5.10 Å². The molecule has 0 aliphatic heterocycles. The minimum atomic E-state index is -0.518. The van der Waals surface area contributed by atoms with Gasteiger partial charge in [-0.1, -0.05) is 38.1 Å². The van der Waals surface area contributed by atoms with Gasteiger partial charge in [0.2, 0.25) is 0 Å². The maximum Gasteiger partial charge on any atom is 0.0962 e. The molecule has 0 aliphatic carbocycles. The molecule has 0 saturated heterocycles. The van der Waals surface area contributed by atoms with Crippen LogP contribution in [0, 0.1) is 6.92 Å². The highest BCUT2D eigenvalue weighted by molar-refractivity contribution is 5.45. The van der Waals surface area contributed by atoms with E-state index in [0.717, 1.165) is 16.9 Å². The Balaban J connectivity index is 1.97. The summed E-state index contributed by atoms with van der Waals surface area (Å²) >= 11 is 0. The Bertz CT molecular complexity index is 558. The summed E-state index contributed by atoms with van der Waals surface area (Å²) in [5.74, 6) is 0.511. The van der Waals surface area contributed by atoms with E-state index in [1.54, 1.807) is 4.68 Å². The molecule has 108 valence electrons. The topological polar surface area (TPSA) is 50.1 Å². The lowest BCUT2D eigenvalue weighted by molar-refractivity contribution is 0.191. The highest BCUT2D eigenvalue weighted by Crippen LogP contribution is 2.20. The van der Waals surface area contributed by atoms with Crippen LogP contribution in [0.4, 0.5) is 5.69 Å². The van der Waals surface area contributed by atoms with Crippen molar-refractivity contribution in [3.05, 3.63) is 47.3 Å². The molecule has 0 aliphatic rings. The number of nitrogens with one attached hydrogen (secondary N) is 1. The van der Waals surface area contributed by atoms with Crippen molar-refractivity contribution in [1.82, 2.24) is 9.78 Å². The van der Waals surface area contributed by atoms with Crippen LogP contribution in [-0.2, 0) is 7.05 Å². The Morgan fingerprint density at radius 3 is 2.30 bits per heavy atom. The molecular weight excluding hydrogens is 250 g/mol. The second-order valence-electron chi connectivity index (χ2n) is 5.52. The van der Waals surface area contributed by atoms with Crippen LogP contribution in [0.2, 0.25) is 0 Å². The molecule has 1 aromatic carbocycles. The molecule has 1 aromatic heterocycles. The van der Waals surface area contributed by atoms with Gasteiger partial charge in [0.1, 0.15) is 0 Å². The number of aromatic nitrogens is 2. The van der Waals surface area contributed by atoms with Crippen LogP contribution in [0.15, 0.2) is 30.5 Å². The molecule has 2 rings (SSSR count). The van der Waals surface area contributed by atoms with Gasteiger partial charge >= 0.3 is 0 Å². The fraction of sp³-hybridized carbons (Fsp3) is 0.438. The standard InChI is InChI=1S/C16H23N3O/c1-11(2)13-5-7-14(8-6-13)16(20)9-17-15-10-19(4)18-12(15)3/h5-8,10-11,16-17,20H,9H2,1-4H3. The lowest BCUT2D eigenvalue weighted by Gasteiger charge is -2.14. The molecule has 4 nitrogen and oxygen atoms in total. The smallest absolute Gasteiger partial charge is 0.0962 e. The summed E-state index contributed by atoms with van der Waals surface area (Å²) in [6, 6.07) is 8.16. The Labute approximate surface area is 120 Å². The van der Waals surface area contributed by atoms with Gasteiger partial charge in [0.25, 0.3) is 0 Å². The molecule has 0 spiro atoms. The summed E-state index contributed by atoms with van der Waals surface area (Å²) in [5, 5.41) is 17.7. The minimum absolute atomic E-state index is 0.480. The molecule has 2 N–H and O–H groups in total. The van der Waals surface area contributed by atoms with E-state index in [4.69, 9.17) is 0 Å². The van der Waals surface area contributed by atoms with Crippen molar-refractivity contribution in [1.29, 1.82) is 0 Å². The highest BCUT2D eigenvalue weighted by atomic mass is 16.3. The van der Waals surface area contributed by atoms with E-state index in [1.807, 2.05) is 32.3 Å². The molecule has 20 heavy (non-hydrogen) atoms. The summed E-state index contributed by atoms with van der Waals surface area (Å²) < 4.78 is 1.77. The fourth-order valence-corrected chi connectivity index (χ4v) is 2.20. The first-order valence-electron chi connectivity index (χ1n) is 6.99. The summed E-state index contributed by atoms with van der Waals surface area (Å²) in [4.78, 5) is 0. The molecule has 0 fully saturated rings. The van der Waals surface area contributed by atoms with E-state index in [9.17, 15) is 5.11 Å². The van der Waals surface area contributed by atoms with Crippen LogP contribution in [-0.4, -0.2) is 21.4 Å². The Morgan fingerprint density at radius 1 is 1.20 bits per heavy atom. The van der Waals surface area contributed by atoms with Crippen LogP contribution >= 0.6 is 0 Å². The van der Waals surface area contributed by atoms with E-state index in [1.165, 1.54) is 5.56 Å². The quantitative estimate of drug-likeness (QED) is 0.880. The molecule has 0 bridgehead atoms. The number of rotatable bonds is 5. The van der Waals surface area contributed by atoms with E-state index < -0.39 is 6.10 Å². The molecule has 1 atom stereocenters. The summed E-state index contributed by atoms with van der Waals surface area (Å²) in [7, 11) is 1.89. The molecule has 0 saturated carbocycles. The lowest BCUT2D eigenvalue weighted by Crippen LogP contribution is -2.12. The van der Waals surface area contributed by atoms with Crippen LogP contribution in [0.1, 0.15) is 42.7 Å². The average Bonchev–Trinajstić information content (AvgIpc) is 2.74. The van der Waals surface area contributed by atoms with Gasteiger partial charge in [0.15, 0.2) is 0 Å². The molecule has 1 heterocycles. The number of aliphatic hydroxyl groups is 1. The lowest BCUT2D eigenvalue weighted by atomic mass is 10.00. The zero-order valence-electron chi connectivity index (χ0n) is 12.6. The third-order valence-electron chi connectivity index (χ3n) is 3.49. The number of aliphatic hydroxyl groups excluding tert-OH is 1. The van der Waals surface area contributed by atoms with E-state index in [0.29, 0.717) is 12.5 Å². The molecule has 0 amide bonds. The average molecular weight is 273 g/mol. The summed E-state index contributed by atoms with van der Waals surface area (Å²) in [6.07, 6.45) is 1.40. The zero-order valence-corrected chi connectivity index (χ0v) is 12.6. The maximum absolute atomic E-state index is 10.2. The molecule has 2 aromatic rings. The number of anilines is 1. The summed E-state index contributed by atoms with van der Waals surface area (Å²) in [6.45, 7) is 6.76. The first-order chi connectivity index (χ1) is 9.47. The Hall–Kier alpha value is -1.81. The van der Waals surface area contributed by atoms with Gasteiger partial charge in [-0.05, 0) is 24.0 Å². The first-order valence-corrected chi connectivity index (χ1v) is 6.99. The van der Waals surface area contributed by atoms with Crippen molar-refractivity contribution in [3.63, 3.8) is 0 Å². The molecule has 1 unspecified atom stereocenters. The van der Waals surface area contributed by atoms with Crippen molar-refractivity contribution < 1.29 is 5.11 Å². The summed E-state index contributed by atoms with van der Waals surface area (Å²) in [5.41, 5.74) is 4.13. The Kier molecular flexibility index (Phi) is 4.45. The van der Waals surface area contributed by atoms with E-state index in [-0.39, 0.29) is 0 Å². The number of hydrogen-bond donors (Lipinski definition) is 2. The highest BCUT2D eigenvalue weighted by Gasteiger charge is 2.10. The maximum atomic E-state index is 10.2. The minimum Gasteiger partial charge on any atom is -0.387 e. The largest absolute Gasteiger partial charge is 0.387 e. The normalized spacial score (nSPS) is 12.7. The molecule has 0 radical (unpaired) electrons. The number of benzene rings is 1. The van der Waals surface area contributed by atoms with Crippen molar-refractivity contribution >= 4 is 5.69 Å². The zero-order chi connectivity index (χ0) is 14.7. The van der Waals surface area contributed by atoms with Gasteiger partial charge in [-0.3, -0.25) is 4.68 Å². The Morgan fingerprint density at radius 2 is 1.80 bits per heavy atom. The van der Waals surface area contributed by atoms with Crippen LogP contribution in [0.5, 0.6) is 0 Å². The van der Waals surface area contributed by atoms with E-state index in [2.05, 4.69) is 36.4 Å². The van der Waals surface area contributed by atoms with Crippen molar-refractivity contribution in [2.24, 2.45) is 7.05 Å². The van der Waals surface area contributed by atoms with Gasteiger partial charge in [-0.25, -0.2) is 0 Å².